The van der Waals surface area contributed by atoms with Crippen LogP contribution in [0, 0.1) is 23.5 Å². The molecule has 36 heavy (non-hydrogen) atoms. The molecule has 2 N–H and O–H groups in total. The maximum Gasteiger partial charge on any atom is 0.273 e. The lowest BCUT2D eigenvalue weighted by atomic mass is 9.90. The molecule has 2 aliphatic rings. The zero-order valence-corrected chi connectivity index (χ0v) is 19.5. The van der Waals surface area contributed by atoms with Gasteiger partial charge in [-0.1, -0.05) is 5.16 Å². The quantitative estimate of drug-likeness (QED) is 0.493. The summed E-state index contributed by atoms with van der Waals surface area (Å²) in [5, 5.41) is 9.55. The van der Waals surface area contributed by atoms with Crippen LogP contribution in [0.1, 0.15) is 35.6 Å². The summed E-state index contributed by atoms with van der Waals surface area (Å²) in [5.74, 6) is -1.55. The first-order valence-electron chi connectivity index (χ1n) is 11.9. The van der Waals surface area contributed by atoms with Gasteiger partial charge in [-0.15, -0.1) is 0 Å². The van der Waals surface area contributed by atoms with Crippen molar-refractivity contribution in [2.75, 3.05) is 19.6 Å². The van der Waals surface area contributed by atoms with Gasteiger partial charge in [0, 0.05) is 50.2 Å². The molecular weight excluding hydrogens is 470 g/mol. The van der Waals surface area contributed by atoms with Crippen molar-refractivity contribution < 1.29 is 22.9 Å². The van der Waals surface area contributed by atoms with Gasteiger partial charge in [0.05, 0.1) is 18.0 Å². The van der Waals surface area contributed by atoms with Crippen molar-refractivity contribution in [2.24, 2.45) is 11.8 Å². The van der Waals surface area contributed by atoms with E-state index in [1.807, 2.05) is 0 Å². The van der Waals surface area contributed by atoms with Crippen molar-refractivity contribution >= 4 is 11.8 Å². The SMILES string of the molecule is O=C(N[C@H]1CCN(CC2CC2)C[C@@H]1C(=O)NCc1ncccn1)c1cc(-c2ccc(F)cc2F)on1. The summed E-state index contributed by atoms with van der Waals surface area (Å²) in [6.07, 6.45) is 6.23. The van der Waals surface area contributed by atoms with Gasteiger partial charge in [0.25, 0.3) is 5.91 Å². The van der Waals surface area contributed by atoms with Crippen molar-refractivity contribution in [1.29, 1.82) is 0 Å². The highest BCUT2D eigenvalue weighted by Gasteiger charge is 2.37. The molecule has 1 aliphatic carbocycles. The summed E-state index contributed by atoms with van der Waals surface area (Å²) in [5.41, 5.74) is -0.0531. The first-order chi connectivity index (χ1) is 17.5. The molecule has 0 bridgehead atoms. The Hall–Kier alpha value is -3.73. The normalized spacial score (nSPS) is 20.2. The Morgan fingerprint density at radius 2 is 1.92 bits per heavy atom. The molecule has 5 rings (SSSR count). The van der Waals surface area contributed by atoms with E-state index < -0.39 is 29.5 Å². The molecule has 0 radical (unpaired) electrons. The number of piperidine rings is 1. The lowest BCUT2D eigenvalue weighted by Gasteiger charge is -2.38. The van der Waals surface area contributed by atoms with E-state index in [2.05, 4.69) is 30.7 Å². The molecule has 0 unspecified atom stereocenters. The van der Waals surface area contributed by atoms with Gasteiger partial charge in [-0.25, -0.2) is 18.7 Å². The molecule has 2 aromatic heterocycles. The third kappa shape index (κ3) is 5.73. The van der Waals surface area contributed by atoms with E-state index >= 15 is 0 Å². The molecule has 0 spiro atoms. The molecule has 1 saturated heterocycles. The topological polar surface area (TPSA) is 113 Å². The van der Waals surface area contributed by atoms with Crippen LogP contribution in [-0.4, -0.2) is 57.5 Å². The highest BCUT2D eigenvalue weighted by Crippen LogP contribution is 2.31. The van der Waals surface area contributed by atoms with E-state index in [4.69, 9.17) is 4.52 Å². The van der Waals surface area contributed by atoms with Crippen LogP contribution in [0.2, 0.25) is 0 Å². The fraction of sp³-hybridized carbons (Fsp3) is 0.400. The smallest absolute Gasteiger partial charge is 0.273 e. The molecule has 3 aromatic rings. The number of benzene rings is 1. The summed E-state index contributed by atoms with van der Waals surface area (Å²) in [4.78, 5) is 36.6. The van der Waals surface area contributed by atoms with Crippen LogP contribution < -0.4 is 10.6 Å². The van der Waals surface area contributed by atoms with Crippen LogP contribution in [0.25, 0.3) is 11.3 Å². The highest BCUT2D eigenvalue weighted by molar-refractivity contribution is 5.94. The Morgan fingerprint density at radius 3 is 2.67 bits per heavy atom. The van der Waals surface area contributed by atoms with Crippen molar-refractivity contribution in [3.05, 3.63) is 65.9 Å². The molecule has 3 heterocycles. The van der Waals surface area contributed by atoms with Gasteiger partial charge in [-0.05, 0) is 43.4 Å². The molecule has 1 aromatic carbocycles. The number of hydrogen-bond acceptors (Lipinski definition) is 7. The lowest BCUT2D eigenvalue weighted by Crippen LogP contribution is -2.56. The molecule has 9 nitrogen and oxygen atoms in total. The van der Waals surface area contributed by atoms with Gasteiger partial charge in [0.2, 0.25) is 5.91 Å². The number of likely N-dealkylation sites (tertiary alicyclic amines) is 1. The Balaban J connectivity index is 1.27. The van der Waals surface area contributed by atoms with Gasteiger partial charge in [0.15, 0.2) is 11.5 Å². The maximum absolute atomic E-state index is 14.1. The molecule has 1 aliphatic heterocycles. The zero-order chi connectivity index (χ0) is 25.1. The Bertz CT molecular complexity index is 1230. The minimum absolute atomic E-state index is 0.00304. The largest absolute Gasteiger partial charge is 0.355 e. The Labute approximate surface area is 206 Å². The molecule has 188 valence electrons. The molecule has 1 saturated carbocycles. The maximum atomic E-state index is 14.1. The second-order valence-electron chi connectivity index (χ2n) is 9.26. The number of rotatable bonds is 8. The number of nitrogens with zero attached hydrogens (tertiary/aromatic N) is 4. The Morgan fingerprint density at radius 1 is 1.11 bits per heavy atom. The fourth-order valence-corrected chi connectivity index (χ4v) is 4.45. The predicted octanol–water partition coefficient (Wildman–Crippen LogP) is 2.56. The average molecular weight is 497 g/mol. The second kappa shape index (κ2) is 10.5. The van der Waals surface area contributed by atoms with Gasteiger partial charge in [-0.3, -0.25) is 9.59 Å². The molecular formula is C25H26F2N6O3. The first kappa shape index (κ1) is 24.0. The van der Waals surface area contributed by atoms with E-state index in [1.165, 1.54) is 25.0 Å². The number of halogens is 2. The van der Waals surface area contributed by atoms with E-state index in [-0.39, 0.29) is 29.5 Å². The summed E-state index contributed by atoms with van der Waals surface area (Å²) >= 11 is 0. The fourth-order valence-electron chi connectivity index (χ4n) is 4.45. The molecule has 2 atom stereocenters. The van der Waals surface area contributed by atoms with E-state index in [1.54, 1.807) is 18.5 Å². The van der Waals surface area contributed by atoms with Crippen LogP contribution in [-0.2, 0) is 11.3 Å². The summed E-state index contributed by atoms with van der Waals surface area (Å²) in [7, 11) is 0. The van der Waals surface area contributed by atoms with Gasteiger partial charge in [-0.2, -0.15) is 0 Å². The van der Waals surface area contributed by atoms with Crippen LogP contribution in [0.4, 0.5) is 8.78 Å². The lowest BCUT2D eigenvalue weighted by molar-refractivity contribution is -0.127. The van der Waals surface area contributed by atoms with Gasteiger partial charge in [0.1, 0.15) is 17.5 Å². The van der Waals surface area contributed by atoms with Gasteiger partial charge < -0.3 is 20.1 Å². The standard InChI is InChI=1S/C25H26F2N6O3/c26-16-4-5-17(19(27)10-16)22-11-21(32-36-22)25(35)31-20-6-9-33(13-15-2-3-15)14-18(20)24(34)30-12-23-28-7-1-8-29-23/h1,4-5,7-8,10-11,15,18,20H,2-3,6,9,12-14H2,(H,30,34)(H,31,35)/t18-,20-/m0/s1. The zero-order valence-electron chi connectivity index (χ0n) is 19.5. The van der Waals surface area contributed by atoms with Crippen molar-refractivity contribution in [3.63, 3.8) is 0 Å². The van der Waals surface area contributed by atoms with Crippen molar-refractivity contribution in [2.45, 2.75) is 31.8 Å². The predicted molar refractivity (Wildman–Crippen MR) is 124 cm³/mol. The number of amides is 2. The number of carbonyl (C=O) groups excluding carboxylic acids is 2. The number of carbonyl (C=O) groups is 2. The minimum atomic E-state index is -0.819. The summed E-state index contributed by atoms with van der Waals surface area (Å²) in [6.45, 7) is 2.42. The van der Waals surface area contributed by atoms with Gasteiger partial charge >= 0.3 is 0 Å². The van der Waals surface area contributed by atoms with Crippen LogP contribution in [0.3, 0.4) is 0 Å². The summed E-state index contributed by atoms with van der Waals surface area (Å²) in [6, 6.07) is 5.63. The molecule has 2 amide bonds. The van der Waals surface area contributed by atoms with Crippen LogP contribution in [0.15, 0.2) is 47.2 Å². The van der Waals surface area contributed by atoms with E-state index in [0.29, 0.717) is 24.7 Å². The van der Waals surface area contributed by atoms with E-state index in [9.17, 15) is 18.4 Å². The van der Waals surface area contributed by atoms with E-state index in [0.717, 1.165) is 25.2 Å². The number of hydrogen-bond donors (Lipinski definition) is 2. The van der Waals surface area contributed by atoms with Crippen LogP contribution in [0.5, 0.6) is 0 Å². The average Bonchev–Trinajstić information content (AvgIpc) is 3.56. The second-order valence-corrected chi connectivity index (χ2v) is 9.26. The highest BCUT2D eigenvalue weighted by atomic mass is 19.1. The van der Waals surface area contributed by atoms with Crippen LogP contribution >= 0.6 is 0 Å². The number of nitrogens with one attached hydrogen (secondary N) is 2. The third-order valence-electron chi connectivity index (χ3n) is 6.54. The minimum Gasteiger partial charge on any atom is -0.355 e. The first-order valence-corrected chi connectivity index (χ1v) is 11.9. The number of aromatic nitrogens is 3. The van der Waals surface area contributed by atoms with Crippen molar-refractivity contribution in [1.82, 2.24) is 30.7 Å². The monoisotopic (exact) mass is 496 g/mol. The summed E-state index contributed by atoms with van der Waals surface area (Å²) < 4.78 is 32.5. The molecule has 2 fully saturated rings. The molecule has 11 heteroatoms. The Kier molecular flexibility index (Phi) is 6.99. The third-order valence-corrected chi connectivity index (χ3v) is 6.54. The van der Waals surface area contributed by atoms with Crippen molar-refractivity contribution in [3.8, 4) is 11.3 Å².